The van der Waals surface area contributed by atoms with E-state index in [1.807, 2.05) is 24.3 Å². The summed E-state index contributed by atoms with van der Waals surface area (Å²) in [6, 6.07) is 14.1. The second-order valence-corrected chi connectivity index (χ2v) is 8.65. The number of hydrogen-bond acceptors (Lipinski definition) is 3. The molecule has 0 amide bonds. The fraction of sp³-hybridized carbons (Fsp3) is 0.368. The zero-order valence-corrected chi connectivity index (χ0v) is 16.3. The third kappa shape index (κ3) is 6.34. The van der Waals surface area contributed by atoms with E-state index in [4.69, 9.17) is 16.3 Å². The molecule has 0 fully saturated rings. The Bertz CT molecular complexity index is 789. The summed E-state index contributed by atoms with van der Waals surface area (Å²) >= 11 is 5.95. The molecular weight excluding hydrogens is 358 g/mol. The van der Waals surface area contributed by atoms with Crippen molar-refractivity contribution in [3.63, 3.8) is 0 Å². The lowest BCUT2D eigenvalue weighted by Crippen LogP contribution is -2.30. The van der Waals surface area contributed by atoms with E-state index in [0.29, 0.717) is 22.9 Å². The summed E-state index contributed by atoms with van der Waals surface area (Å²) in [6.45, 7) is 4.14. The molecule has 1 N–H and O–H groups in total. The van der Waals surface area contributed by atoms with Crippen molar-refractivity contribution in [1.82, 2.24) is 4.72 Å². The van der Waals surface area contributed by atoms with E-state index in [2.05, 4.69) is 18.6 Å². The normalized spacial score (nSPS) is 13.0. The minimum absolute atomic E-state index is 0.0989. The van der Waals surface area contributed by atoms with Gasteiger partial charge < -0.3 is 4.74 Å². The summed E-state index contributed by atoms with van der Waals surface area (Å²) < 4.78 is 33.2. The molecule has 0 aliphatic rings. The monoisotopic (exact) mass is 381 g/mol. The lowest BCUT2D eigenvalue weighted by atomic mass is 9.98. The summed E-state index contributed by atoms with van der Waals surface area (Å²) in [5.41, 5.74) is 1.59. The molecule has 1 atom stereocenters. The first-order valence-corrected chi connectivity index (χ1v) is 10.2. The quantitative estimate of drug-likeness (QED) is 0.729. The van der Waals surface area contributed by atoms with Gasteiger partial charge in [0.2, 0.25) is 10.0 Å². The van der Waals surface area contributed by atoms with Crippen molar-refractivity contribution in [2.75, 3.05) is 7.11 Å². The van der Waals surface area contributed by atoms with Crippen LogP contribution in [0, 0.1) is 5.92 Å². The Kier molecular flexibility index (Phi) is 6.87. The number of methoxy groups -OCH3 is 1. The maximum Gasteiger partial charge on any atom is 0.216 e. The largest absolute Gasteiger partial charge is 0.497 e. The first-order valence-electron chi connectivity index (χ1n) is 8.17. The van der Waals surface area contributed by atoms with Gasteiger partial charge in [0.25, 0.3) is 0 Å². The smallest absolute Gasteiger partial charge is 0.216 e. The lowest BCUT2D eigenvalue weighted by Gasteiger charge is -2.21. The Hall–Kier alpha value is -1.56. The van der Waals surface area contributed by atoms with Crippen molar-refractivity contribution in [3.8, 4) is 5.75 Å². The first-order chi connectivity index (χ1) is 11.8. The summed E-state index contributed by atoms with van der Waals surface area (Å²) in [4.78, 5) is 0. The third-order valence-corrected chi connectivity index (χ3v) is 5.38. The van der Waals surface area contributed by atoms with Crippen LogP contribution in [0.25, 0.3) is 0 Å². The van der Waals surface area contributed by atoms with Crippen LogP contribution in [-0.4, -0.2) is 15.5 Å². The molecule has 0 saturated heterocycles. The van der Waals surface area contributed by atoms with Gasteiger partial charge in [0.05, 0.1) is 12.9 Å². The van der Waals surface area contributed by atoms with E-state index in [1.165, 1.54) is 0 Å². The average Bonchev–Trinajstić information content (AvgIpc) is 2.53. The zero-order valence-electron chi connectivity index (χ0n) is 14.7. The van der Waals surface area contributed by atoms with E-state index in [9.17, 15) is 8.42 Å². The molecule has 0 saturated carbocycles. The maximum absolute atomic E-state index is 12.6. The molecule has 25 heavy (non-hydrogen) atoms. The molecule has 4 nitrogen and oxygen atoms in total. The Morgan fingerprint density at radius 1 is 1.12 bits per heavy atom. The van der Waals surface area contributed by atoms with E-state index in [0.717, 1.165) is 11.3 Å². The number of hydrogen-bond donors (Lipinski definition) is 1. The molecule has 0 aliphatic carbocycles. The van der Waals surface area contributed by atoms with E-state index >= 15 is 0 Å². The third-order valence-electron chi connectivity index (χ3n) is 3.79. The molecule has 0 aliphatic heterocycles. The highest BCUT2D eigenvalue weighted by Crippen LogP contribution is 2.25. The second-order valence-electron chi connectivity index (χ2n) is 6.46. The van der Waals surface area contributed by atoms with Crippen LogP contribution in [0.3, 0.4) is 0 Å². The molecular formula is C19H24ClNO3S. The Labute approximate surface area is 155 Å². The van der Waals surface area contributed by atoms with Crippen LogP contribution in [-0.2, 0) is 15.8 Å². The summed E-state index contributed by atoms with van der Waals surface area (Å²) in [7, 11) is -1.89. The molecule has 2 rings (SSSR count). The van der Waals surface area contributed by atoms with Gasteiger partial charge in [-0.15, -0.1) is 0 Å². The molecule has 0 aromatic heterocycles. The van der Waals surface area contributed by atoms with Crippen LogP contribution in [0.4, 0.5) is 0 Å². The van der Waals surface area contributed by atoms with Crippen molar-refractivity contribution in [2.45, 2.75) is 32.1 Å². The fourth-order valence-corrected chi connectivity index (χ4v) is 4.24. The predicted molar refractivity (Wildman–Crippen MR) is 102 cm³/mol. The summed E-state index contributed by atoms with van der Waals surface area (Å²) in [5.74, 6) is 0.994. The van der Waals surface area contributed by atoms with Gasteiger partial charge in [-0.1, -0.05) is 49.7 Å². The highest BCUT2D eigenvalue weighted by Gasteiger charge is 2.21. The zero-order chi connectivity index (χ0) is 18.4. The van der Waals surface area contributed by atoms with Gasteiger partial charge >= 0.3 is 0 Å². The topological polar surface area (TPSA) is 55.4 Å². The van der Waals surface area contributed by atoms with Crippen LogP contribution < -0.4 is 9.46 Å². The van der Waals surface area contributed by atoms with Crippen LogP contribution in [0.5, 0.6) is 5.75 Å². The number of nitrogens with one attached hydrogen (secondary N) is 1. The van der Waals surface area contributed by atoms with E-state index in [1.54, 1.807) is 31.4 Å². The SMILES string of the molecule is COc1ccc(C(CC(C)C)NS(=O)(=O)Cc2cccc(Cl)c2)cc1. The highest BCUT2D eigenvalue weighted by molar-refractivity contribution is 7.88. The number of sulfonamides is 1. The molecule has 2 aromatic carbocycles. The molecule has 1 unspecified atom stereocenters. The molecule has 136 valence electrons. The first kappa shape index (κ1) is 19.8. The minimum atomic E-state index is -3.50. The van der Waals surface area contributed by atoms with Gasteiger partial charge in [-0.25, -0.2) is 13.1 Å². The van der Waals surface area contributed by atoms with Crippen molar-refractivity contribution >= 4 is 21.6 Å². The van der Waals surface area contributed by atoms with Crippen LogP contribution in [0.2, 0.25) is 5.02 Å². The van der Waals surface area contributed by atoms with Crippen molar-refractivity contribution in [2.24, 2.45) is 5.92 Å². The fourth-order valence-electron chi connectivity index (χ4n) is 2.66. The van der Waals surface area contributed by atoms with Gasteiger partial charge in [-0.05, 0) is 47.7 Å². The number of ether oxygens (including phenoxy) is 1. The van der Waals surface area contributed by atoms with Gasteiger partial charge in [0, 0.05) is 11.1 Å². The standard InChI is InChI=1S/C19H24ClNO3S/c1-14(2)11-19(16-7-9-18(24-3)10-8-16)21-25(22,23)13-15-5-4-6-17(20)12-15/h4-10,12,14,19,21H,11,13H2,1-3H3. The Balaban J connectivity index is 2.19. The van der Waals surface area contributed by atoms with Crippen molar-refractivity contribution in [3.05, 3.63) is 64.7 Å². The second kappa shape index (κ2) is 8.70. The van der Waals surface area contributed by atoms with Crippen LogP contribution in [0.1, 0.15) is 37.4 Å². The average molecular weight is 382 g/mol. The number of halogens is 1. The highest BCUT2D eigenvalue weighted by atomic mass is 35.5. The molecule has 6 heteroatoms. The summed E-state index contributed by atoms with van der Waals surface area (Å²) in [6.07, 6.45) is 0.709. The maximum atomic E-state index is 12.6. The summed E-state index contributed by atoms with van der Waals surface area (Å²) in [5, 5.41) is 0.529. The molecule has 2 aromatic rings. The molecule has 0 bridgehead atoms. The van der Waals surface area contributed by atoms with E-state index in [-0.39, 0.29) is 11.8 Å². The van der Waals surface area contributed by atoms with Gasteiger partial charge in [-0.2, -0.15) is 0 Å². The molecule has 0 heterocycles. The number of benzene rings is 2. The number of rotatable bonds is 8. The molecule has 0 spiro atoms. The van der Waals surface area contributed by atoms with Gasteiger partial charge in [0.1, 0.15) is 5.75 Å². The predicted octanol–water partition coefficient (Wildman–Crippen LogP) is 4.56. The lowest BCUT2D eigenvalue weighted by molar-refractivity contribution is 0.414. The Morgan fingerprint density at radius 3 is 2.36 bits per heavy atom. The van der Waals surface area contributed by atoms with Gasteiger partial charge in [0.15, 0.2) is 0 Å². The van der Waals surface area contributed by atoms with Crippen molar-refractivity contribution in [1.29, 1.82) is 0 Å². The van der Waals surface area contributed by atoms with Crippen LogP contribution in [0.15, 0.2) is 48.5 Å². The van der Waals surface area contributed by atoms with Gasteiger partial charge in [-0.3, -0.25) is 0 Å². The molecule has 0 radical (unpaired) electrons. The Morgan fingerprint density at radius 2 is 1.80 bits per heavy atom. The van der Waals surface area contributed by atoms with Crippen LogP contribution >= 0.6 is 11.6 Å². The van der Waals surface area contributed by atoms with E-state index < -0.39 is 10.0 Å². The minimum Gasteiger partial charge on any atom is -0.497 e. The van der Waals surface area contributed by atoms with Crippen molar-refractivity contribution < 1.29 is 13.2 Å².